The molecule has 92 valence electrons. The second kappa shape index (κ2) is 6.68. The first kappa shape index (κ1) is 13.2. The van der Waals surface area contributed by atoms with Crippen LogP contribution in [0, 0.1) is 5.82 Å². The minimum Gasteiger partial charge on any atom is -0.494 e. The van der Waals surface area contributed by atoms with Gasteiger partial charge in [0, 0.05) is 12.6 Å². The van der Waals surface area contributed by atoms with Crippen LogP contribution in [0.15, 0.2) is 24.3 Å². The molecular weight excluding hydrogens is 221 g/mol. The van der Waals surface area contributed by atoms with Gasteiger partial charge in [0.05, 0.1) is 7.11 Å². The molecule has 0 spiro atoms. The average Bonchev–Trinajstić information content (AvgIpc) is 2.34. The van der Waals surface area contributed by atoms with E-state index in [1.807, 2.05) is 6.92 Å². The summed E-state index contributed by atoms with van der Waals surface area (Å²) in [7, 11) is 1.41. The largest absolute Gasteiger partial charge is 0.494 e. The Kier molecular flexibility index (Phi) is 5.20. The molecule has 1 amide bonds. The fourth-order valence-corrected chi connectivity index (χ4v) is 1.27. The Balaban J connectivity index is 2.65. The molecule has 0 radical (unpaired) electrons. The van der Waals surface area contributed by atoms with Gasteiger partial charge in [-0.3, -0.25) is 4.79 Å². The van der Waals surface area contributed by atoms with Gasteiger partial charge < -0.3 is 10.1 Å². The normalized spacial score (nSPS) is 10.5. The number of methoxy groups -OCH3 is 1. The molecule has 1 aromatic carbocycles. The van der Waals surface area contributed by atoms with Crippen LogP contribution in [0.25, 0.3) is 6.08 Å². The number of halogens is 1. The predicted molar refractivity (Wildman–Crippen MR) is 65.3 cm³/mol. The van der Waals surface area contributed by atoms with Gasteiger partial charge >= 0.3 is 0 Å². The van der Waals surface area contributed by atoms with Gasteiger partial charge in [0.25, 0.3) is 0 Å². The molecule has 0 fully saturated rings. The Morgan fingerprint density at radius 1 is 1.53 bits per heavy atom. The van der Waals surface area contributed by atoms with E-state index in [-0.39, 0.29) is 11.7 Å². The Bertz CT molecular complexity index is 416. The van der Waals surface area contributed by atoms with Crippen LogP contribution >= 0.6 is 0 Å². The zero-order valence-electron chi connectivity index (χ0n) is 10.00. The molecule has 0 aliphatic heterocycles. The van der Waals surface area contributed by atoms with Gasteiger partial charge in [-0.05, 0) is 30.2 Å². The third-order valence-corrected chi connectivity index (χ3v) is 2.15. The molecular formula is C13H16FNO2. The monoisotopic (exact) mass is 237 g/mol. The van der Waals surface area contributed by atoms with Gasteiger partial charge in [0.1, 0.15) is 0 Å². The molecule has 0 saturated carbocycles. The summed E-state index contributed by atoms with van der Waals surface area (Å²) in [6, 6.07) is 4.53. The van der Waals surface area contributed by atoms with Gasteiger partial charge in [0.2, 0.25) is 5.91 Å². The van der Waals surface area contributed by atoms with Crippen LogP contribution in [0.1, 0.15) is 18.9 Å². The first-order chi connectivity index (χ1) is 8.17. The van der Waals surface area contributed by atoms with Gasteiger partial charge in [-0.1, -0.05) is 13.0 Å². The summed E-state index contributed by atoms with van der Waals surface area (Å²) >= 11 is 0. The number of nitrogens with one attached hydrogen (secondary N) is 1. The van der Waals surface area contributed by atoms with Gasteiger partial charge in [0.15, 0.2) is 11.6 Å². The van der Waals surface area contributed by atoms with E-state index in [0.717, 1.165) is 6.42 Å². The van der Waals surface area contributed by atoms with Crippen molar-refractivity contribution in [1.82, 2.24) is 5.32 Å². The van der Waals surface area contributed by atoms with Gasteiger partial charge in [-0.25, -0.2) is 4.39 Å². The molecule has 0 saturated heterocycles. The van der Waals surface area contributed by atoms with Crippen molar-refractivity contribution < 1.29 is 13.9 Å². The molecule has 0 bridgehead atoms. The van der Waals surface area contributed by atoms with Crippen LogP contribution < -0.4 is 10.1 Å². The molecule has 1 aromatic rings. The molecule has 0 atom stereocenters. The van der Waals surface area contributed by atoms with E-state index in [9.17, 15) is 9.18 Å². The SMILES string of the molecule is CCCNC(=O)/C=C/c1ccc(OC)c(F)c1. The van der Waals surface area contributed by atoms with E-state index < -0.39 is 5.82 Å². The van der Waals surface area contributed by atoms with Crippen molar-refractivity contribution >= 4 is 12.0 Å². The van der Waals surface area contributed by atoms with Crippen LogP contribution in [0.3, 0.4) is 0 Å². The fourth-order valence-electron chi connectivity index (χ4n) is 1.27. The Hall–Kier alpha value is -1.84. The summed E-state index contributed by atoms with van der Waals surface area (Å²) in [5.74, 6) is -0.427. The zero-order chi connectivity index (χ0) is 12.7. The standard InChI is InChI=1S/C13H16FNO2/c1-3-8-15-13(16)7-5-10-4-6-12(17-2)11(14)9-10/h4-7,9H,3,8H2,1-2H3,(H,15,16)/b7-5+. The molecule has 0 unspecified atom stereocenters. The topological polar surface area (TPSA) is 38.3 Å². The molecule has 17 heavy (non-hydrogen) atoms. The van der Waals surface area contributed by atoms with E-state index in [4.69, 9.17) is 4.74 Å². The summed E-state index contributed by atoms with van der Waals surface area (Å²) in [5.41, 5.74) is 0.620. The highest BCUT2D eigenvalue weighted by Gasteiger charge is 2.01. The molecule has 0 aliphatic rings. The third kappa shape index (κ3) is 4.26. The number of ether oxygens (including phenoxy) is 1. The molecule has 0 heterocycles. The van der Waals surface area contributed by atoms with E-state index in [1.165, 1.54) is 25.3 Å². The van der Waals surface area contributed by atoms with E-state index in [2.05, 4.69) is 5.32 Å². The molecule has 1 rings (SSSR count). The number of benzene rings is 1. The first-order valence-electron chi connectivity index (χ1n) is 5.46. The lowest BCUT2D eigenvalue weighted by molar-refractivity contribution is -0.116. The molecule has 0 aliphatic carbocycles. The summed E-state index contributed by atoms with van der Waals surface area (Å²) in [4.78, 5) is 11.3. The maximum Gasteiger partial charge on any atom is 0.243 e. The number of hydrogen-bond donors (Lipinski definition) is 1. The van der Waals surface area contributed by atoms with Crippen molar-refractivity contribution in [2.75, 3.05) is 13.7 Å². The maximum atomic E-state index is 13.3. The summed E-state index contributed by atoms with van der Waals surface area (Å²) in [6.07, 6.45) is 3.83. The molecule has 1 N–H and O–H groups in total. The third-order valence-electron chi connectivity index (χ3n) is 2.15. The zero-order valence-corrected chi connectivity index (χ0v) is 10.00. The lowest BCUT2D eigenvalue weighted by Crippen LogP contribution is -2.21. The van der Waals surface area contributed by atoms with Crippen LogP contribution in [-0.4, -0.2) is 19.6 Å². The van der Waals surface area contributed by atoms with Crippen molar-refractivity contribution in [3.8, 4) is 5.75 Å². The van der Waals surface area contributed by atoms with Crippen molar-refractivity contribution in [2.45, 2.75) is 13.3 Å². The summed E-state index contributed by atoms with van der Waals surface area (Å²) < 4.78 is 18.1. The Labute approximate surface area is 100 Å². The van der Waals surface area contributed by atoms with E-state index in [1.54, 1.807) is 12.1 Å². The lowest BCUT2D eigenvalue weighted by Gasteiger charge is -2.02. The van der Waals surface area contributed by atoms with Crippen molar-refractivity contribution in [3.05, 3.63) is 35.7 Å². The van der Waals surface area contributed by atoms with Crippen molar-refractivity contribution in [3.63, 3.8) is 0 Å². The quantitative estimate of drug-likeness (QED) is 0.798. The van der Waals surface area contributed by atoms with Crippen LogP contribution in [0.5, 0.6) is 5.75 Å². The van der Waals surface area contributed by atoms with Crippen molar-refractivity contribution in [1.29, 1.82) is 0 Å². The van der Waals surface area contributed by atoms with Gasteiger partial charge in [-0.15, -0.1) is 0 Å². The van der Waals surface area contributed by atoms with Crippen molar-refractivity contribution in [2.24, 2.45) is 0 Å². The first-order valence-corrected chi connectivity index (χ1v) is 5.46. The predicted octanol–water partition coefficient (Wildman–Crippen LogP) is 2.37. The molecule has 4 heteroatoms. The highest BCUT2D eigenvalue weighted by Crippen LogP contribution is 2.18. The molecule has 0 aromatic heterocycles. The summed E-state index contributed by atoms with van der Waals surface area (Å²) in [6.45, 7) is 2.61. The number of amides is 1. The lowest BCUT2D eigenvalue weighted by atomic mass is 10.2. The number of hydrogen-bond acceptors (Lipinski definition) is 2. The minimum atomic E-state index is -0.441. The average molecular weight is 237 g/mol. The Morgan fingerprint density at radius 2 is 2.29 bits per heavy atom. The second-order valence-electron chi connectivity index (χ2n) is 3.52. The number of carbonyl (C=O) groups excluding carboxylic acids is 1. The highest BCUT2D eigenvalue weighted by molar-refractivity contribution is 5.91. The van der Waals surface area contributed by atoms with Crippen LogP contribution in [0.2, 0.25) is 0 Å². The Morgan fingerprint density at radius 3 is 2.88 bits per heavy atom. The minimum absolute atomic E-state index is 0.178. The second-order valence-corrected chi connectivity index (χ2v) is 3.52. The fraction of sp³-hybridized carbons (Fsp3) is 0.308. The van der Waals surface area contributed by atoms with E-state index in [0.29, 0.717) is 12.1 Å². The van der Waals surface area contributed by atoms with E-state index >= 15 is 0 Å². The maximum absolute atomic E-state index is 13.3. The summed E-state index contributed by atoms with van der Waals surface area (Å²) in [5, 5.41) is 2.70. The molecule has 3 nitrogen and oxygen atoms in total. The van der Waals surface area contributed by atoms with Gasteiger partial charge in [-0.2, -0.15) is 0 Å². The van der Waals surface area contributed by atoms with Crippen LogP contribution in [0.4, 0.5) is 4.39 Å². The highest BCUT2D eigenvalue weighted by atomic mass is 19.1. The smallest absolute Gasteiger partial charge is 0.243 e. The van der Waals surface area contributed by atoms with Crippen LogP contribution in [-0.2, 0) is 4.79 Å². The number of rotatable bonds is 5. The number of carbonyl (C=O) groups is 1.